The molecule has 35 heavy (non-hydrogen) atoms. The number of amides is 1. The van der Waals surface area contributed by atoms with Crippen molar-refractivity contribution in [2.24, 2.45) is 14.1 Å². The lowest BCUT2D eigenvalue weighted by Crippen LogP contribution is -2.38. The van der Waals surface area contributed by atoms with Gasteiger partial charge in [0.1, 0.15) is 11.5 Å². The van der Waals surface area contributed by atoms with Crippen LogP contribution in [0.1, 0.15) is 17.2 Å². The van der Waals surface area contributed by atoms with E-state index in [1.54, 1.807) is 0 Å². The summed E-state index contributed by atoms with van der Waals surface area (Å²) >= 11 is 0.893. The minimum absolute atomic E-state index is 0.0160. The van der Waals surface area contributed by atoms with E-state index in [-0.39, 0.29) is 40.4 Å². The van der Waals surface area contributed by atoms with Crippen LogP contribution in [0.4, 0.5) is 27.1 Å². The number of hydrogen-bond donors (Lipinski definition) is 1. The van der Waals surface area contributed by atoms with Gasteiger partial charge in [0.05, 0.1) is 23.4 Å². The standard InChI is InChI=1S/C21H16F5N5O3S/c1-30-16-15(17(33)31(2)19(30)34)10(4-6-27-16)7-14(32)29-18-28-13(9-35-18)11-3-5-20(23,8-12(11)22)21(24,25)26/h3-6,8-9,11H,7H2,1-2H3,(H,28,29,32). The first-order valence-corrected chi connectivity index (χ1v) is 10.8. The molecule has 0 radical (unpaired) electrons. The van der Waals surface area contributed by atoms with Gasteiger partial charge in [0.2, 0.25) is 11.6 Å². The van der Waals surface area contributed by atoms with E-state index >= 15 is 0 Å². The Morgan fingerprint density at radius 3 is 2.63 bits per heavy atom. The second-order valence-electron chi connectivity index (χ2n) is 7.81. The Labute approximate surface area is 197 Å². The zero-order valence-corrected chi connectivity index (χ0v) is 18.9. The third-order valence-electron chi connectivity index (χ3n) is 5.48. The smallest absolute Gasteiger partial charge is 0.302 e. The van der Waals surface area contributed by atoms with E-state index in [4.69, 9.17) is 0 Å². The number of thiazole rings is 1. The molecule has 1 N–H and O–H groups in total. The quantitative estimate of drug-likeness (QED) is 0.427. The van der Waals surface area contributed by atoms with E-state index in [0.717, 1.165) is 22.0 Å². The van der Waals surface area contributed by atoms with Crippen LogP contribution in [0.3, 0.4) is 0 Å². The summed E-state index contributed by atoms with van der Waals surface area (Å²) in [7, 11) is 2.74. The Morgan fingerprint density at radius 2 is 1.97 bits per heavy atom. The molecule has 1 aliphatic carbocycles. The summed E-state index contributed by atoms with van der Waals surface area (Å²) in [6, 6.07) is 1.46. The van der Waals surface area contributed by atoms with E-state index in [1.165, 1.54) is 36.3 Å². The minimum Gasteiger partial charge on any atom is -0.302 e. The summed E-state index contributed by atoms with van der Waals surface area (Å²) in [5.74, 6) is -3.29. The van der Waals surface area contributed by atoms with Gasteiger partial charge >= 0.3 is 11.9 Å². The number of pyridine rings is 1. The van der Waals surface area contributed by atoms with Crippen molar-refractivity contribution in [3.63, 3.8) is 0 Å². The zero-order valence-electron chi connectivity index (χ0n) is 18.1. The summed E-state index contributed by atoms with van der Waals surface area (Å²) in [5, 5.41) is 3.92. The van der Waals surface area contributed by atoms with E-state index in [0.29, 0.717) is 5.56 Å². The molecule has 0 bridgehead atoms. The molecule has 0 aromatic carbocycles. The maximum atomic E-state index is 14.3. The maximum absolute atomic E-state index is 14.3. The van der Waals surface area contributed by atoms with Crippen LogP contribution >= 0.6 is 11.3 Å². The van der Waals surface area contributed by atoms with Crippen molar-refractivity contribution >= 4 is 33.4 Å². The van der Waals surface area contributed by atoms with Gasteiger partial charge in [-0.2, -0.15) is 13.2 Å². The molecular weight excluding hydrogens is 497 g/mol. The fraction of sp³-hybridized carbons (Fsp3) is 0.286. The number of hydrogen-bond acceptors (Lipinski definition) is 6. The zero-order chi connectivity index (χ0) is 25.7. The average molecular weight is 513 g/mol. The highest BCUT2D eigenvalue weighted by atomic mass is 32.1. The number of rotatable bonds is 4. The van der Waals surface area contributed by atoms with Crippen molar-refractivity contribution in [2.45, 2.75) is 24.2 Å². The van der Waals surface area contributed by atoms with Crippen molar-refractivity contribution in [3.05, 3.63) is 73.8 Å². The van der Waals surface area contributed by atoms with Crippen molar-refractivity contribution in [2.75, 3.05) is 5.32 Å². The average Bonchev–Trinajstić information content (AvgIpc) is 3.23. The van der Waals surface area contributed by atoms with Gasteiger partial charge in [0.25, 0.3) is 5.56 Å². The normalized spacial score (nSPS) is 20.2. The predicted octanol–water partition coefficient (Wildman–Crippen LogP) is 3.05. The number of fused-ring (bicyclic) bond motifs is 1. The lowest BCUT2D eigenvalue weighted by Gasteiger charge is -2.26. The number of aromatic nitrogens is 4. The number of carbonyl (C=O) groups is 1. The summed E-state index contributed by atoms with van der Waals surface area (Å²) in [4.78, 5) is 45.4. The SMILES string of the molecule is Cn1c(=O)c2c(CC(=O)Nc3nc(C4C=CC(F)(C(F)(F)F)C=C4F)cs3)ccnc2n(C)c1=O. The van der Waals surface area contributed by atoms with Gasteiger partial charge in [-0.3, -0.25) is 18.7 Å². The molecule has 3 aromatic heterocycles. The van der Waals surface area contributed by atoms with Crippen LogP contribution in [-0.2, 0) is 25.3 Å². The molecule has 0 spiro atoms. The number of alkyl halides is 4. The first kappa shape index (κ1) is 24.4. The fourth-order valence-corrected chi connectivity index (χ4v) is 4.36. The molecule has 1 aliphatic rings. The number of allylic oxidation sites excluding steroid dienone is 4. The Balaban J connectivity index is 1.54. The largest absolute Gasteiger partial charge is 0.429 e. The van der Waals surface area contributed by atoms with Gasteiger partial charge in [0.15, 0.2) is 5.13 Å². The summed E-state index contributed by atoms with van der Waals surface area (Å²) in [5.41, 5.74) is -4.72. The molecule has 184 valence electrons. The van der Waals surface area contributed by atoms with E-state index in [2.05, 4.69) is 15.3 Å². The molecular formula is C21H16F5N5O3S. The number of anilines is 1. The Kier molecular flexibility index (Phi) is 5.95. The van der Waals surface area contributed by atoms with E-state index in [9.17, 15) is 36.3 Å². The van der Waals surface area contributed by atoms with Crippen LogP contribution < -0.4 is 16.6 Å². The first-order chi connectivity index (χ1) is 16.3. The third kappa shape index (κ3) is 4.29. The van der Waals surface area contributed by atoms with Crippen LogP contribution in [0.2, 0.25) is 0 Å². The second-order valence-corrected chi connectivity index (χ2v) is 8.67. The first-order valence-electron chi connectivity index (χ1n) is 9.94. The number of halogens is 5. The third-order valence-corrected chi connectivity index (χ3v) is 6.25. The van der Waals surface area contributed by atoms with Crippen molar-refractivity contribution in [1.29, 1.82) is 0 Å². The van der Waals surface area contributed by atoms with Crippen LogP contribution in [0, 0.1) is 0 Å². The van der Waals surface area contributed by atoms with Gasteiger partial charge in [0, 0.05) is 25.7 Å². The van der Waals surface area contributed by atoms with Crippen LogP contribution in [-0.4, -0.2) is 36.9 Å². The molecule has 0 aliphatic heterocycles. The number of nitrogens with one attached hydrogen (secondary N) is 1. The summed E-state index contributed by atoms with van der Waals surface area (Å²) < 4.78 is 68.7. The van der Waals surface area contributed by atoms with Gasteiger partial charge in [-0.15, -0.1) is 11.3 Å². The van der Waals surface area contributed by atoms with Crippen molar-refractivity contribution in [3.8, 4) is 0 Å². The molecule has 2 unspecified atom stereocenters. The monoisotopic (exact) mass is 513 g/mol. The predicted molar refractivity (Wildman–Crippen MR) is 118 cm³/mol. The van der Waals surface area contributed by atoms with Crippen LogP contribution in [0.15, 0.2) is 51.3 Å². The molecule has 3 aromatic rings. The van der Waals surface area contributed by atoms with E-state index in [1.807, 2.05) is 0 Å². The lowest BCUT2D eigenvalue weighted by atomic mass is 9.91. The highest BCUT2D eigenvalue weighted by Gasteiger charge is 2.54. The maximum Gasteiger partial charge on any atom is 0.429 e. The molecule has 2 atom stereocenters. The topological polar surface area (TPSA) is 98.9 Å². The number of carbonyl (C=O) groups excluding carboxylic acids is 1. The molecule has 0 saturated carbocycles. The number of aryl methyl sites for hydroxylation is 1. The van der Waals surface area contributed by atoms with Gasteiger partial charge in [-0.05, 0) is 23.8 Å². The molecule has 1 amide bonds. The molecule has 14 heteroatoms. The highest BCUT2D eigenvalue weighted by molar-refractivity contribution is 7.13. The number of nitrogens with zero attached hydrogens (tertiary/aromatic N) is 4. The fourth-order valence-electron chi connectivity index (χ4n) is 3.60. The van der Waals surface area contributed by atoms with Gasteiger partial charge in [-0.1, -0.05) is 6.08 Å². The Morgan fingerprint density at radius 1 is 1.26 bits per heavy atom. The van der Waals surface area contributed by atoms with Crippen molar-refractivity contribution in [1.82, 2.24) is 19.1 Å². The second kappa shape index (κ2) is 8.52. The Bertz CT molecular complexity index is 1520. The Hall–Kier alpha value is -3.68. The minimum atomic E-state index is -5.31. The molecule has 4 rings (SSSR count). The van der Waals surface area contributed by atoms with Gasteiger partial charge < -0.3 is 5.32 Å². The van der Waals surface area contributed by atoms with E-state index < -0.39 is 40.7 Å². The molecule has 3 heterocycles. The molecule has 0 saturated heterocycles. The lowest BCUT2D eigenvalue weighted by molar-refractivity contribution is -0.195. The summed E-state index contributed by atoms with van der Waals surface area (Å²) in [6.45, 7) is 0. The highest BCUT2D eigenvalue weighted by Crippen LogP contribution is 2.43. The molecule has 0 fully saturated rings. The van der Waals surface area contributed by atoms with Gasteiger partial charge in [-0.25, -0.2) is 23.5 Å². The van der Waals surface area contributed by atoms with Crippen molar-refractivity contribution < 1.29 is 26.7 Å². The summed E-state index contributed by atoms with van der Waals surface area (Å²) in [6.07, 6.45) is -3.43. The van der Waals surface area contributed by atoms with Crippen LogP contribution in [0.5, 0.6) is 0 Å². The van der Waals surface area contributed by atoms with Crippen LogP contribution in [0.25, 0.3) is 11.0 Å². The molecule has 8 nitrogen and oxygen atoms in total.